The minimum atomic E-state index is -0.416. The highest BCUT2D eigenvalue weighted by molar-refractivity contribution is 5.31. The Labute approximate surface area is 117 Å². The maximum atomic E-state index is 13.9. The molecule has 0 radical (unpaired) electrons. The van der Waals surface area contributed by atoms with Gasteiger partial charge in [-0.2, -0.15) is 0 Å². The van der Waals surface area contributed by atoms with Crippen LogP contribution < -0.4 is 10.1 Å². The van der Waals surface area contributed by atoms with Gasteiger partial charge in [-0.3, -0.25) is 0 Å². The van der Waals surface area contributed by atoms with Crippen LogP contribution >= 0.6 is 0 Å². The fraction of sp³-hybridized carbons (Fsp3) is 0.250. The lowest BCUT2D eigenvalue weighted by atomic mass is 10.1. The number of hydrogen-bond acceptors (Lipinski definition) is 2. The van der Waals surface area contributed by atoms with E-state index in [9.17, 15) is 8.78 Å². The van der Waals surface area contributed by atoms with E-state index >= 15 is 0 Å². The quantitative estimate of drug-likeness (QED) is 0.897. The molecule has 1 atom stereocenters. The molecule has 1 unspecified atom stereocenters. The van der Waals surface area contributed by atoms with E-state index in [2.05, 4.69) is 5.32 Å². The second-order valence-electron chi connectivity index (χ2n) is 4.62. The predicted molar refractivity (Wildman–Crippen MR) is 74.6 cm³/mol. The molecule has 0 saturated heterocycles. The van der Waals surface area contributed by atoms with Crippen LogP contribution in [0.15, 0.2) is 42.5 Å². The molecule has 0 amide bonds. The van der Waals surface area contributed by atoms with Crippen LogP contribution in [0.4, 0.5) is 8.78 Å². The molecule has 0 heterocycles. The maximum absolute atomic E-state index is 13.9. The molecule has 106 valence electrons. The molecule has 0 spiro atoms. The van der Waals surface area contributed by atoms with Crippen molar-refractivity contribution in [2.24, 2.45) is 0 Å². The summed E-state index contributed by atoms with van der Waals surface area (Å²) in [6.45, 7) is 2.08. The van der Waals surface area contributed by atoms with Crippen molar-refractivity contribution >= 4 is 0 Å². The molecule has 2 rings (SSSR count). The lowest BCUT2D eigenvalue weighted by molar-refractivity contribution is 0.289. The standard InChI is InChI=1S/C16H17F2NO/c1-11(19-2)13-6-7-16(15(18)9-13)20-10-12-4-3-5-14(17)8-12/h3-9,11,19H,10H2,1-2H3. The summed E-state index contributed by atoms with van der Waals surface area (Å²) in [4.78, 5) is 0. The molecule has 0 aliphatic heterocycles. The van der Waals surface area contributed by atoms with E-state index in [4.69, 9.17) is 4.74 Å². The first-order valence-corrected chi connectivity index (χ1v) is 6.44. The third-order valence-electron chi connectivity index (χ3n) is 3.17. The molecular weight excluding hydrogens is 260 g/mol. The lowest BCUT2D eigenvalue weighted by Crippen LogP contribution is -2.12. The molecule has 0 fully saturated rings. The fourth-order valence-corrected chi connectivity index (χ4v) is 1.86. The Hall–Kier alpha value is -1.94. The van der Waals surface area contributed by atoms with Crippen molar-refractivity contribution in [2.45, 2.75) is 19.6 Å². The summed E-state index contributed by atoms with van der Waals surface area (Å²) >= 11 is 0. The van der Waals surface area contributed by atoms with Crippen molar-refractivity contribution in [1.29, 1.82) is 0 Å². The zero-order chi connectivity index (χ0) is 14.5. The topological polar surface area (TPSA) is 21.3 Å². The molecule has 20 heavy (non-hydrogen) atoms. The van der Waals surface area contributed by atoms with Crippen molar-refractivity contribution < 1.29 is 13.5 Å². The van der Waals surface area contributed by atoms with Crippen LogP contribution in [0.25, 0.3) is 0 Å². The van der Waals surface area contributed by atoms with E-state index < -0.39 is 5.82 Å². The van der Waals surface area contributed by atoms with Gasteiger partial charge in [0, 0.05) is 6.04 Å². The molecule has 0 bridgehead atoms. The summed E-state index contributed by atoms with van der Waals surface area (Å²) in [5, 5.41) is 3.04. The third-order valence-corrected chi connectivity index (χ3v) is 3.17. The van der Waals surface area contributed by atoms with Gasteiger partial charge in [-0.25, -0.2) is 8.78 Å². The van der Waals surface area contributed by atoms with E-state index in [1.54, 1.807) is 18.2 Å². The first-order chi connectivity index (χ1) is 9.60. The average Bonchev–Trinajstić information content (AvgIpc) is 2.45. The number of hydrogen-bond donors (Lipinski definition) is 1. The highest BCUT2D eigenvalue weighted by Gasteiger charge is 2.09. The Morgan fingerprint density at radius 3 is 2.60 bits per heavy atom. The molecule has 2 nitrogen and oxygen atoms in total. The molecule has 0 saturated carbocycles. The summed E-state index contributed by atoms with van der Waals surface area (Å²) < 4.78 is 32.3. The highest BCUT2D eigenvalue weighted by Crippen LogP contribution is 2.22. The zero-order valence-corrected chi connectivity index (χ0v) is 11.5. The average molecular weight is 277 g/mol. The van der Waals surface area contributed by atoms with Crippen LogP contribution in [0.1, 0.15) is 24.1 Å². The smallest absolute Gasteiger partial charge is 0.165 e. The van der Waals surface area contributed by atoms with Gasteiger partial charge in [0.15, 0.2) is 11.6 Å². The van der Waals surface area contributed by atoms with Crippen molar-refractivity contribution in [2.75, 3.05) is 7.05 Å². The molecule has 2 aromatic carbocycles. The van der Waals surface area contributed by atoms with Crippen molar-refractivity contribution in [1.82, 2.24) is 5.32 Å². The monoisotopic (exact) mass is 277 g/mol. The number of benzene rings is 2. The van der Waals surface area contributed by atoms with Crippen molar-refractivity contribution in [3.63, 3.8) is 0 Å². The second kappa shape index (κ2) is 6.48. The summed E-state index contributed by atoms with van der Waals surface area (Å²) in [5.74, 6) is -0.577. The summed E-state index contributed by atoms with van der Waals surface area (Å²) in [6.07, 6.45) is 0. The third kappa shape index (κ3) is 3.54. The molecule has 0 aromatic heterocycles. The van der Waals surface area contributed by atoms with Crippen LogP contribution in [0.2, 0.25) is 0 Å². The van der Waals surface area contributed by atoms with E-state index in [0.29, 0.717) is 5.56 Å². The second-order valence-corrected chi connectivity index (χ2v) is 4.62. The van der Waals surface area contributed by atoms with Crippen LogP contribution in [-0.4, -0.2) is 7.05 Å². The van der Waals surface area contributed by atoms with E-state index in [-0.39, 0.29) is 24.2 Å². The summed E-state index contributed by atoms with van der Waals surface area (Å²) in [7, 11) is 1.82. The van der Waals surface area contributed by atoms with Crippen LogP contribution in [0.5, 0.6) is 5.75 Å². The molecule has 4 heteroatoms. The highest BCUT2D eigenvalue weighted by atomic mass is 19.1. The van der Waals surface area contributed by atoms with E-state index in [0.717, 1.165) is 5.56 Å². The Morgan fingerprint density at radius 2 is 1.95 bits per heavy atom. The zero-order valence-electron chi connectivity index (χ0n) is 11.5. The summed E-state index contributed by atoms with van der Waals surface area (Å²) in [5.41, 5.74) is 1.51. The predicted octanol–water partition coefficient (Wildman–Crippen LogP) is 3.82. The maximum Gasteiger partial charge on any atom is 0.165 e. The first-order valence-electron chi connectivity index (χ1n) is 6.44. The SMILES string of the molecule is CNC(C)c1ccc(OCc2cccc(F)c2)c(F)c1. The van der Waals surface area contributed by atoms with Crippen molar-refractivity contribution in [3.8, 4) is 5.75 Å². The largest absolute Gasteiger partial charge is 0.486 e. The van der Waals surface area contributed by atoms with Crippen LogP contribution in [-0.2, 0) is 6.61 Å². The van der Waals surface area contributed by atoms with Gasteiger partial charge in [-0.1, -0.05) is 18.2 Å². The Morgan fingerprint density at radius 1 is 1.15 bits per heavy atom. The lowest BCUT2D eigenvalue weighted by Gasteiger charge is -2.13. The Balaban J connectivity index is 2.07. The van der Waals surface area contributed by atoms with Gasteiger partial charge in [0.25, 0.3) is 0 Å². The van der Waals surface area contributed by atoms with E-state index in [1.165, 1.54) is 18.2 Å². The van der Waals surface area contributed by atoms with Crippen LogP contribution in [0.3, 0.4) is 0 Å². The number of rotatable bonds is 5. The first kappa shape index (κ1) is 14.5. The minimum Gasteiger partial charge on any atom is -0.486 e. The Bertz CT molecular complexity index is 586. The molecule has 1 N–H and O–H groups in total. The molecule has 0 aliphatic carbocycles. The fourth-order valence-electron chi connectivity index (χ4n) is 1.86. The van der Waals surface area contributed by atoms with Gasteiger partial charge < -0.3 is 10.1 Å². The van der Waals surface area contributed by atoms with Gasteiger partial charge >= 0.3 is 0 Å². The van der Waals surface area contributed by atoms with Crippen molar-refractivity contribution in [3.05, 3.63) is 65.2 Å². The normalized spacial score (nSPS) is 12.2. The number of nitrogens with one attached hydrogen (secondary N) is 1. The molecular formula is C16H17F2NO. The van der Waals surface area contributed by atoms with Gasteiger partial charge in [0.05, 0.1) is 0 Å². The molecule has 2 aromatic rings. The minimum absolute atomic E-state index is 0.0711. The van der Waals surface area contributed by atoms with Gasteiger partial charge in [-0.15, -0.1) is 0 Å². The summed E-state index contributed by atoms with van der Waals surface area (Å²) in [6, 6.07) is 11.0. The number of ether oxygens (including phenoxy) is 1. The molecule has 0 aliphatic rings. The van der Waals surface area contributed by atoms with Crippen LogP contribution in [0, 0.1) is 11.6 Å². The van der Waals surface area contributed by atoms with E-state index in [1.807, 2.05) is 20.0 Å². The van der Waals surface area contributed by atoms with Gasteiger partial charge in [-0.05, 0) is 49.4 Å². The Kier molecular flexibility index (Phi) is 4.69. The van der Waals surface area contributed by atoms with Gasteiger partial charge in [0.2, 0.25) is 0 Å². The number of halogens is 2. The van der Waals surface area contributed by atoms with Gasteiger partial charge in [0.1, 0.15) is 12.4 Å².